The number of hydrogen-bond acceptors (Lipinski definition) is 3. The Kier molecular flexibility index (Phi) is 4.61. The average Bonchev–Trinajstić information content (AvgIpc) is 2.28. The largest absolute Gasteiger partial charge is 0.370 e. The van der Waals surface area contributed by atoms with Gasteiger partial charge in [0.25, 0.3) is 5.91 Å². The van der Waals surface area contributed by atoms with Crippen LogP contribution in [0.2, 0.25) is 0 Å². The Balaban J connectivity index is 0.00000162. The average molecular weight is 270 g/mol. The molecule has 0 spiro atoms. The molecule has 6 nitrogen and oxygen atoms in total. The first-order chi connectivity index (χ1) is 8.08. The zero-order valence-corrected chi connectivity index (χ0v) is 10.9. The summed E-state index contributed by atoms with van der Waals surface area (Å²) in [4.78, 5) is 23.7. The summed E-state index contributed by atoms with van der Waals surface area (Å²) in [7, 11) is 0. The number of rotatable bonds is 1. The highest BCUT2D eigenvalue weighted by molar-refractivity contribution is 5.92. The normalized spacial score (nSPS) is 17.3. The van der Waals surface area contributed by atoms with Crippen LogP contribution in [-0.4, -0.2) is 21.8 Å². The van der Waals surface area contributed by atoms with E-state index in [-0.39, 0.29) is 30.2 Å². The van der Waals surface area contributed by atoms with Crippen molar-refractivity contribution in [3.63, 3.8) is 0 Å². The van der Waals surface area contributed by atoms with E-state index in [0.717, 1.165) is 29.8 Å². The van der Waals surface area contributed by atoms with E-state index in [4.69, 9.17) is 11.5 Å². The number of amides is 1. The maximum absolute atomic E-state index is 11.7. The second kappa shape index (κ2) is 5.77. The Morgan fingerprint density at radius 3 is 2.83 bits per heavy atom. The molecule has 4 N–H and O–H groups in total. The van der Waals surface area contributed by atoms with E-state index in [2.05, 4.69) is 15.0 Å². The van der Waals surface area contributed by atoms with Gasteiger partial charge in [-0.3, -0.25) is 4.79 Å². The lowest BCUT2D eigenvalue weighted by Crippen LogP contribution is -2.29. The number of halogens is 1. The third-order valence-corrected chi connectivity index (χ3v) is 3.02. The van der Waals surface area contributed by atoms with Crippen molar-refractivity contribution in [1.82, 2.24) is 9.97 Å². The summed E-state index contributed by atoms with van der Waals surface area (Å²) < 4.78 is 0. The molecule has 1 amide bonds. The van der Waals surface area contributed by atoms with Gasteiger partial charge in [0.2, 0.25) is 0 Å². The minimum atomic E-state index is -0.251. The molecule has 1 aromatic heterocycles. The van der Waals surface area contributed by atoms with Gasteiger partial charge in [-0.2, -0.15) is 4.99 Å². The monoisotopic (exact) mass is 269 g/mol. The predicted octanol–water partition coefficient (Wildman–Crippen LogP) is 0.112. The van der Waals surface area contributed by atoms with Crippen LogP contribution in [0.4, 0.5) is 0 Å². The molecule has 1 unspecified atom stereocenters. The van der Waals surface area contributed by atoms with E-state index in [1.165, 1.54) is 0 Å². The zero-order valence-electron chi connectivity index (χ0n) is 10.1. The topological polar surface area (TPSA) is 107 Å². The highest BCUT2D eigenvalue weighted by atomic mass is 35.5. The Morgan fingerprint density at radius 1 is 1.44 bits per heavy atom. The summed E-state index contributed by atoms with van der Waals surface area (Å²) in [5.41, 5.74) is 13.4. The molecule has 7 heteroatoms. The summed E-state index contributed by atoms with van der Waals surface area (Å²) in [6, 6.07) is 0. The van der Waals surface area contributed by atoms with Crippen molar-refractivity contribution >= 4 is 24.3 Å². The lowest BCUT2D eigenvalue weighted by molar-refractivity contribution is -0.121. The van der Waals surface area contributed by atoms with Gasteiger partial charge in [0.05, 0.1) is 0 Å². The van der Waals surface area contributed by atoms with Crippen molar-refractivity contribution in [2.75, 3.05) is 0 Å². The van der Waals surface area contributed by atoms with Crippen molar-refractivity contribution in [2.45, 2.75) is 26.2 Å². The smallest absolute Gasteiger partial charge is 0.252 e. The number of aryl methyl sites for hydroxylation is 2. The van der Waals surface area contributed by atoms with E-state index in [9.17, 15) is 4.79 Å². The number of hydrogen-bond donors (Lipinski definition) is 2. The van der Waals surface area contributed by atoms with Crippen LogP contribution < -0.4 is 11.5 Å². The van der Waals surface area contributed by atoms with E-state index < -0.39 is 0 Å². The van der Waals surface area contributed by atoms with E-state index in [1.807, 2.05) is 6.92 Å². The summed E-state index contributed by atoms with van der Waals surface area (Å²) in [6.07, 6.45) is 3.69. The Labute approximate surface area is 111 Å². The Morgan fingerprint density at radius 2 is 2.17 bits per heavy atom. The fraction of sp³-hybridized carbons (Fsp3) is 0.455. The van der Waals surface area contributed by atoms with Gasteiger partial charge in [-0.15, -0.1) is 12.4 Å². The number of fused-ring (bicyclic) bond motifs is 1. The number of carbonyl (C=O) groups is 1. The summed E-state index contributed by atoms with van der Waals surface area (Å²) in [5, 5.41) is 0. The van der Waals surface area contributed by atoms with Crippen molar-refractivity contribution in [1.29, 1.82) is 0 Å². The van der Waals surface area contributed by atoms with Crippen molar-refractivity contribution in [3.8, 4) is 0 Å². The Bertz CT molecular complexity index is 484. The molecule has 1 aliphatic rings. The minimum absolute atomic E-state index is 0. The van der Waals surface area contributed by atoms with Crippen LogP contribution in [0.1, 0.15) is 23.4 Å². The van der Waals surface area contributed by atoms with Gasteiger partial charge < -0.3 is 11.5 Å². The minimum Gasteiger partial charge on any atom is -0.370 e. The summed E-state index contributed by atoms with van der Waals surface area (Å²) >= 11 is 0. The number of carbonyl (C=O) groups excluding carboxylic acids is 1. The molecule has 2 rings (SSSR count). The fourth-order valence-corrected chi connectivity index (χ4v) is 2.12. The van der Waals surface area contributed by atoms with Crippen LogP contribution in [0.15, 0.2) is 11.3 Å². The third kappa shape index (κ3) is 2.95. The lowest BCUT2D eigenvalue weighted by Gasteiger charge is -2.22. The molecule has 0 aromatic carbocycles. The molecule has 0 radical (unpaired) electrons. The van der Waals surface area contributed by atoms with Gasteiger partial charge in [-0.05, 0) is 31.7 Å². The molecular weight excluding hydrogens is 254 g/mol. The fourth-order valence-electron chi connectivity index (χ4n) is 2.12. The maximum Gasteiger partial charge on any atom is 0.252 e. The highest BCUT2D eigenvalue weighted by Gasteiger charge is 2.26. The number of aliphatic imine (C=N–C) groups is 1. The number of guanidine groups is 1. The van der Waals surface area contributed by atoms with Crippen LogP contribution in [0, 0.1) is 12.8 Å². The molecule has 1 atom stereocenters. The quantitative estimate of drug-likeness (QED) is 0.556. The molecule has 1 heterocycles. The SMILES string of the molecule is Cc1ncnc2c1CC(C(=O)N=C(N)N)CC2.Cl. The zero-order chi connectivity index (χ0) is 12.4. The standard InChI is InChI=1S/C11H15N5O.ClH/c1-6-8-4-7(10(17)16-11(12)13)2-3-9(8)15-5-14-6;/h5,7H,2-4H2,1H3,(H4,12,13,16,17);1H. The van der Waals surface area contributed by atoms with Crippen LogP contribution in [0.3, 0.4) is 0 Å². The predicted molar refractivity (Wildman–Crippen MR) is 70.3 cm³/mol. The molecule has 18 heavy (non-hydrogen) atoms. The van der Waals surface area contributed by atoms with Crippen molar-refractivity contribution in [3.05, 3.63) is 23.3 Å². The van der Waals surface area contributed by atoms with E-state index in [0.29, 0.717) is 6.42 Å². The van der Waals surface area contributed by atoms with Gasteiger partial charge >= 0.3 is 0 Å². The third-order valence-electron chi connectivity index (χ3n) is 3.02. The summed E-state index contributed by atoms with van der Waals surface area (Å²) in [6.45, 7) is 1.92. The second-order valence-corrected chi connectivity index (χ2v) is 4.20. The number of nitrogens with zero attached hydrogens (tertiary/aromatic N) is 3. The van der Waals surface area contributed by atoms with Crippen LogP contribution in [0.5, 0.6) is 0 Å². The first kappa shape index (κ1) is 14.4. The lowest BCUT2D eigenvalue weighted by atomic mass is 9.85. The molecule has 0 bridgehead atoms. The Hall–Kier alpha value is -1.69. The number of nitrogens with two attached hydrogens (primary N) is 2. The second-order valence-electron chi connectivity index (χ2n) is 4.20. The van der Waals surface area contributed by atoms with E-state index >= 15 is 0 Å². The van der Waals surface area contributed by atoms with E-state index in [1.54, 1.807) is 6.33 Å². The van der Waals surface area contributed by atoms with Gasteiger partial charge in [0.1, 0.15) is 6.33 Å². The van der Waals surface area contributed by atoms with Gasteiger partial charge in [-0.1, -0.05) is 0 Å². The highest BCUT2D eigenvalue weighted by Crippen LogP contribution is 2.26. The van der Waals surface area contributed by atoms with Crippen LogP contribution in [0.25, 0.3) is 0 Å². The first-order valence-corrected chi connectivity index (χ1v) is 5.50. The maximum atomic E-state index is 11.7. The van der Waals surface area contributed by atoms with Crippen LogP contribution >= 0.6 is 12.4 Å². The molecule has 0 saturated carbocycles. The molecule has 1 aromatic rings. The van der Waals surface area contributed by atoms with Gasteiger partial charge in [0.15, 0.2) is 5.96 Å². The van der Waals surface area contributed by atoms with Crippen molar-refractivity contribution < 1.29 is 4.79 Å². The molecule has 0 fully saturated rings. The summed E-state index contributed by atoms with van der Waals surface area (Å²) in [5.74, 6) is -0.588. The van der Waals surface area contributed by atoms with Crippen molar-refractivity contribution in [2.24, 2.45) is 22.4 Å². The molecule has 0 aliphatic heterocycles. The molecule has 0 saturated heterocycles. The van der Waals surface area contributed by atoms with Gasteiger partial charge in [0, 0.05) is 17.3 Å². The van der Waals surface area contributed by atoms with Crippen LogP contribution in [-0.2, 0) is 17.6 Å². The molecule has 1 aliphatic carbocycles. The molecular formula is C11H16ClN5O. The molecule has 98 valence electrons. The number of aromatic nitrogens is 2. The first-order valence-electron chi connectivity index (χ1n) is 5.50. The van der Waals surface area contributed by atoms with Gasteiger partial charge in [-0.25, -0.2) is 9.97 Å².